The van der Waals surface area contributed by atoms with E-state index in [0.717, 1.165) is 24.1 Å². The van der Waals surface area contributed by atoms with Gasteiger partial charge in [-0.25, -0.2) is 4.79 Å². The molecular weight excluding hydrogens is 424 g/mol. The van der Waals surface area contributed by atoms with Crippen molar-refractivity contribution in [2.24, 2.45) is 0 Å². The van der Waals surface area contributed by atoms with Crippen LogP contribution >= 0.6 is 0 Å². The average molecular weight is 465 g/mol. The lowest BCUT2D eigenvalue weighted by Crippen LogP contribution is -2.34. The molecule has 0 amide bonds. The van der Waals surface area contributed by atoms with Crippen LogP contribution in [-0.4, -0.2) is 34.1 Å². The Morgan fingerprint density at radius 3 is 2.32 bits per heavy atom. The van der Waals surface area contributed by atoms with Gasteiger partial charge in [0.25, 0.3) is 5.56 Å². The number of hydrogen-bond acceptors (Lipinski definition) is 4. The van der Waals surface area contributed by atoms with Crippen LogP contribution in [0.2, 0.25) is 0 Å². The molecule has 1 heterocycles. The maximum atomic E-state index is 13.3. The highest BCUT2D eigenvalue weighted by atomic mass is 16.6. The summed E-state index contributed by atoms with van der Waals surface area (Å²) in [5.74, 6) is 0.297. The lowest BCUT2D eigenvalue weighted by atomic mass is 10.0. The highest BCUT2D eigenvalue weighted by Gasteiger charge is 2.30. The first-order chi connectivity index (χ1) is 16.1. The fourth-order valence-electron chi connectivity index (χ4n) is 5.13. The summed E-state index contributed by atoms with van der Waals surface area (Å²) in [5, 5.41) is 0. The van der Waals surface area contributed by atoms with Crippen molar-refractivity contribution in [2.75, 3.05) is 7.05 Å². The molecule has 1 aromatic heterocycles. The van der Waals surface area contributed by atoms with Gasteiger partial charge in [-0.3, -0.25) is 9.69 Å². The monoisotopic (exact) mass is 464 g/mol. The van der Waals surface area contributed by atoms with Gasteiger partial charge in [-0.1, -0.05) is 25.0 Å². The van der Waals surface area contributed by atoms with Crippen LogP contribution in [-0.2, 0) is 24.2 Å². The molecule has 0 bridgehead atoms. The molecule has 0 spiro atoms. The number of benzene rings is 1. The van der Waals surface area contributed by atoms with Crippen molar-refractivity contribution in [3.8, 4) is 0 Å². The van der Waals surface area contributed by atoms with Crippen LogP contribution in [0.15, 0.2) is 35.1 Å². The molecule has 0 radical (unpaired) electrons. The minimum Gasteiger partial charge on any atom is -0.456 e. The first kappa shape index (κ1) is 24.7. The predicted molar refractivity (Wildman–Crippen MR) is 136 cm³/mol. The van der Waals surface area contributed by atoms with E-state index in [9.17, 15) is 9.59 Å². The Hall–Kier alpha value is -2.40. The Balaban J connectivity index is 1.54. The van der Waals surface area contributed by atoms with E-state index in [1.165, 1.54) is 49.8 Å². The molecule has 2 fully saturated rings. The van der Waals surface area contributed by atoms with Crippen LogP contribution in [0, 0.1) is 6.92 Å². The second-order valence-corrected chi connectivity index (χ2v) is 11.3. The molecule has 1 aromatic carbocycles. The second-order valence-electron chi connectivity index (χ2n) is 11.3. The first-order valence-corrected chi connectivity index (χ1v) is 12.9. The number of esters is 1. The summed E-state index contributed by atoms with van der Waals surface area (Å²) < 4.78 is 7.51. The zero-order valence-electron chi connectivity index (χ0n) is 21.5. The van der Waals surface area contributed by atoms with Crippen LogP contribution in [0.5, 0.6) is 0 Å². The largest absolute Gasteiger partial charge is 0.456 e. The molecule has 5 heteroatoms. The van der Waals surface area contributed by atoms with Gasteiger partial charge in [-0.05, 0) is 102 Å². The third-order valence-corrected chi connectivity index (χ3v) is 7.19. The van der Waals surface area contributed by atoms with Crippen molar-refractivity contribution in [2.45, 2.75) is 103 Å². The van der Waals surface area contributed by atoms with Gasteiger partial charge < -0.3 is 9.30 Å². The number of hydrogen-bond donors (Lipinski definition) is 0. The summed E-state index contributed by atoms with van der Waals surface area (Å²) in [4.78, 5) is 28.1. The van der Waals surface area contributed by atoms with Crippen molar-refractivity contribution in [3.05, 3.63) is 68.6 Å². The number of carbonyl (C=O) groups excluding carboxylic acids is 1. The van der Waals surface area contributed by atoms with Crippen molar-refractivity contribution < 1.29 is 9.53 Å². The van der Waals surface area contributed by atoms with Crippen LogP contribution in [0.4, 0.5) is 0 Å². The zero-order valence-corrected chi connectivity index (χ0v) is 21.5. The third-order valence-electron chi connectivity index (χ3n) is 7.19. The number of pyridine rings is 1. The molecule has 2 aromatic rings. The molecule has 0 aliphatic heterocycles. The van der Waals surface area contributed by atoms with Crippen LogP contribution < -0.4 is 5.56 Å². The molecule has 0 N–H and O–H groups in total. The van der Waals surface area contributed by atoms with Crippen molar-refractivity contribution in [1.29, 1.82) is 0 Å². The van der Waals surface area contributed by atoms with Gasteiger partial charge in [0.2, 0.25) is 0 Å². The van der Waals surface area contributed by atoms with Gasteiger partial charge in [0.1, 0.15) is 5.60 Å². The van der Waals surface area contributed by atoms with E-state index < -0.39 is 5.60 Å². The molecule has 184 valence electrons. The van der Waals surface area contributed by atoms with Gasteiger partial charge >= 0.3 is 5.97 Å². The summed E-state index contributed by atoms with van der Waals surface area (Å²) in [6, 6.07) is 10.4. The minimum atomic E-state index is -0.511. The average Bonchev–Trinajstić information content (AvgIpc) is 3.47. The minimum absolute atomic E-state index is 0.129. The number of ether oxygens (including phenoxy) is 1. The third kappa shape index (κ3) is 5.99. The molecule has 0 atom stereocenters. The van der Waals surface area contributed by atoms with Crippen molar-refractivity contribution in [1.82, 2.24) is 9.47 Å². The summed E-state index contributed by atoms with van der Waals surface area (Å²) >= 11 is 0. The van der Waals surface area contributed by atoms with Crippen LogP contribution in [0.1, 0.15) is 98.0 Å². The van der Waals surface area contributed by atoms with E-state index >= 15 is 0 Å². The molecule has 34 heavy (non-hydrogen) atoms. The van der Waals surface area contributed by atoms with E-state index in [1.54, 1.807) is 0 Å². The molecule has 4 rings (SSSR count). The fraction of sp³-hybridized carbons (Fsp3) is 0.586. The lowest BCUT2D eigenvalue weighted by molar-refractivity contribution is 0.00695. The molecule has 0 saturated heterocycles. The van der Waals surface area contributed by atoms with Gasteiger partial charge in [0.05, 0.1) is 5.56 Å². The Labute approximate surface area is 204 Å². The predicted octanol–water partition coefficient (Wildman–Crippen LogP) is 5.61. The summed E-state index contributed by atoms with van der Waals surface area (Å²) in [5.41, 5.74) is 4.72. The molecule has 0 unspecified atom stereocenters. The Morgan fingerprint density at radius 1 is 1.09 bits per heavy atom. The number of carbonyl (C=O) groups is 1. The van der Waals surface area contributed by atoms with Gasteiger partial charge in [0.15, 0.2) is 0 Å². The number of aromatic nitrogens is 1. The normalized spacial score (nSPS) is 16.9. The van der Waals surface area contributed by atoms with Gasteiger partial charge in [-0.15, -0.1) is 0 Å². The molecular formula is C29H40N2O3. The van der Waals surface area contributed by atoms with Crippen LogP contribution in [0.3, 0.4) is 0 Å². The summed E-state index contributed by atoms with van der Waals surface area (Å²) in [6.07, 6.45) is 8.34. The fourth-order valence-corrected chi connectivity index (χ4v) is 5.13. The van der Waals surface area contributed by atoms with E-state index in [-0.39, 0.29) is 11.5 Å². The molecule has 2 saturated carbocycles. The van der Waals surface area contributed by atoms with E-state index in [0.29, 0.717) is 24.1 Å². The Morgan fingerprint density at radius 2 is 1.74 bits per heavy atom. The summed E-state index contributed by atoms with van der Waals surface area (Å²) in [6.45, 7) is 9.05. The van der Waals surface area contributed by atoms with Crippen molar-refractivity contribution in [3.63, 3.8) is 0 Å². The standard InChI is InChI=1S/C29H40N2O3/c1-20-18-25(22-14-15-22)26(19-30(5)24-8-6-7-9-24)31(27(20)32)17-16-21-10-12-23(13-11-21)28(33)34-29(2,3)4/h10-13,18,22,24H,6-9,14-17,19H2,1-5H3. The van der Waals surface area contributed by atoms with E-state index in [2.05, 4.69) is 18.0 Å². The number of aryl methyl sites for hydroxylation is 2. The first-order valence-electron chi connectivity index (χ1n) is 12.9. The quantitative estimate of drug-likeness (QED) is 0.477. The van der Waals surface area contributed by atoms with Gasteiger partial charge in [0, 0.05) is 30.4 Å². The van der Waals surface area contributed by atoms with E-state index in [1.807, 2.05) is 56.5 Å². The summed E-state index contributed by atoms with van der Waals surface area (Å²) in [7, 11) is 2.22. The maximum absolute atomic E-state index is 13.3. The lowest BCUT2D eigenvalue weighted by Gasteiger charge is -2.27. The molecule has 2 aliphatic rings. The SMILES string of the molecule is Cc1cc(C2CC2)c(CN(C)C2CCCC2)n(CCc2ccc(C(=O)OC(C)(C)C)cc2)c1=O. The highest BCUT2D eigenvalue weighted by molar-refractivity contribution is 5.89. The van der Waals surface area contributed by atoms with Crippen molar-refractivity contribution >= 4 is 5.97 Å². The van der Waals surface area contributed by atoms with E-state index in [4.69, 9.17) is 4.74 Å². The smallest absolute Gasteiger partial charge is 0.338 e. The Bertz CT molecular complexity index is 1070. The molecule has 5 nitrogen and oxygen atoms in total. The maximum Gasteiger partial charge on any atom is 0.338 e. The number of rotatable bonds is 8. The van der Waals surface area contributed by atoms with Crippen LogP contribution in [0.25, 0.3) is 0 Å². The Kier molecular flexibility index (Phi) is 7.32. The topological polar surface area (TPSA) is 51.5 Å². The molecule has 2 aliphatic carbocycles. The van der Waals surface area contributed by atoms with Gasteiger partial charge in [-0.2, -0.15) is 0 Å². The highest BCUT2D eigenvalue weighted by Crippen LogP contribution is 2.42. The second kappa shape index (κ2) is 10.1. The zero-order chi connectivity index (χ0) is 24.5. The number of nitrogens with zero attached hydrogens (tertiary/aromatic N) is 2.